The Morgan fingerprint density at radius 3 is 2.48 bits per heavy atom. The first kappa shape index (κ1) is 15.5. The minimum Gasteiger partial charge on any atom is -0.361 e. The van der Waals surface area contributed by atoms with Gasteiger partial charge in [0.15, 0.2) is 0 Å². The van der Waals surface area contributed by atoms with Crippen LogP contribution >= 0.6 is 0 Å². The first-order chi connectivity index (χ1) is 9.70. The van der Waals surface area contributed by atoms with E-state index in [0.29, 0.717) is 12.2 Å². The molecule has 0 aliphatic carbocycles. The number of piperazine rings is 1. The van der Waals surface area contributed by atoms with Crippen LogP contribution in [0, 0.1) is 13.8 Å². The molecule has 1 fully saturated rings. The van der Waals surface area contributed by atoms with Crippen molar-refractivity contribution in [1.82, 2.24) is 15.4 Å². The highest BCUT2D eigenvalue weighted by atomic mass is 16.5. The predicted molar refractivity (Wildman–Crippen MR) is 77.5 cm³/mol. The first-order valence-electron chi connectivity index (χ1n) is 7.28. The monoisotopic (exact) mass is 293 g/mol. The van der Waals surface area contributed by atoms with Gasteiger partial charge in [0.2, 0.25) is 11.8 Å². The largest absolute Gasteiger partial charge is 0.361 e. The van der Waals surface area contributed by atoms with E-state index < -0.39 is 11.6 Å². The van der Waals surface area contributed by atoms with Crippen LogP contribution in [0.15, 0.2) is 4.52 Å². The van der Waals surface area contributed by atoms with Gasteiger partial charge in [-0.25, -0.2) is 0 Å². The van der Waals surface area contributed by atoms with E-state index in [1.165, 1.54) is 0 Å². The van der Waals surface area contributed by atoms with Crippen molar-refractivity contribution in [2.24, 2.45) is 0 Å². The van der Waals surface area contributed by atoms with Crippen LogP contribution in [-0.4, -0.2) is 33.5 Å². The van der Waals surface area contributed by atoms with E-state index in [1.807, 2.05) is 27.7 Å². The van der Waals surface area contributed by atoms with Gasteiger partial charge in [0.1, 0.15) is 17.3 Å². The average Bonchev–Trinajstić information content (AvgIpc) is 2.72. The number of carbonyl (C=O) groups is 2. The van der Waals surface area contributed by atoms with Crippen molar-refractivity contribution in [2.45, 2.75) is 65.6 Å². The molecule has 1 aromatic heterocycles. The standard InChI is InChI=1S/C15H23N3O3/c1-7-11-13(19)16-15(5,6)14(20)18(11)9(3)12-8(2)17-21-10(12)4/h9,11H,7H2,1-6H3,(H,16,19). The van der Waals surface area contributed by atoms with Crippen LogP contribution in [0.1, 0.15) is 57.2 Å². The van der Waals surface area contributed by atoms with Crippen LogP contribution in [0.2, 0.25) is 0 Å². The molecule has 1 saturated heterocycles. The SMILES string of the molecule is CCC1C(=O)NC(C)(C)C(=O)N1C(C)c1c(C)noc1C. The highest BCUT2D eigenvalue weighted by Crippen LogP contribution is 2.33. The lowest BCUT2D eigenvalue weighted by Gasteiger charge is -2.45. The van der Waals surface area contributed by atoms with Gasteiger partial charge in [-0.1, -0.05) is 12.1 Å². The topological polar surface area (TPSA) is 75.4 Å². The zero-order valence-corrected chi connectivity index (χ0v) is 13.5. The summed E-state index contributed by atoms with van der Waals surface area (Å²) in [6.45, 7) is 11.0. The van der Waals surface area contributed by atoms with Crippen LogP contribution in [0.3, 0.4) is 0 Å². The van der Waals surface area contributed by atoms with Gasteiger partial charge in [0.25, 0.3) is 0 Å². The summed E-state index contributed by atoms with van der Waals surface area (Å²) in [5, 5.41) is 6.75. The van der Waals surface area contributed by atoms with E-state index in [-0.39, 0.29) is 17.9 Å². The van der Waals surface area contributed by atoms with Crippen LogP contribution in [0.25, 0.3) is 0 Å². The van der Waals surface area contributed by atoms with E-state index in [2.05, 4.69) is 10.5 Å². The van der Waals surface area contributed by atoms with E-state index in [4.69, 9.17) is 4.52 Å². The Morgan fingerprint density at radius 2 is 2.00 bits per heavy atom. The van der Waals surface area contributed by atoms with Crippen molar-refractivity contribution in [3.05, 3.63) is 17.0 Å². The molecule has 2 heterocycles. The van der Waals surface area contributed by atoms with Gasteiger partial charge in [-0.3, -0.25) is 9.59 Å². The van der Waals surface area contributed by atoms with E-state index in [0.717, 1.165) is 11.3 Å². The number of aromatic nitrogens is 1. The molecule has 0 spiro atoms. The molecule has 2 unspecified atom stereocenters. The summed E-state index contributed by atoms with van der Waals surface area (Å²) >= 11 is 0. The summed E-state index contributed by atoms with van der Waals surface area (Å²) in [5.74, 6) is 0.494. The number of amides is 2. The zero-order chi connectivity index (χ0) is 15.9. The van der Waals surface area contributed by atoms with Crippen LogP contribution in [0.5, 0.6) is 0 Å². The van der Waals surface area contributed by atoms with Crippen LogP contribution < -0.4 is 5.32 Å². The fourth-order valence-corrected chi connectivity index (χ4v) is 3.09. The maximum Gasteiger partial charge on any atom is 0.248 e. The molecule has 6 nitrogen and oxygen atoms in total. The summed E-state index contributed by atoms with van der Waals surface area (Å²) in [7, 11) is 0. The number of nitrogens with one attached hydrogen (secondary N) is 1. The Labute approximate surface area is 124 Å². The molecule has 1 aliphatic rings. The molecule has 2 rings (SSSR count). The normalized spacial score (nSPS) is 23.1. The van der Waals surface area contributed by atoms with E-state index in [1.54, 1.807) is 18.7 Å². The molecule has 1 N–H and O–H groups in total. The first-order valence-corrected chi connectivity index (χ1v) is 7.28. The van der Waals surface area contributed by atoms with Crippen molar-refractivity contribution in [3.63, 3.8) is 0 Å². The maximum absolute atomic E-state index is 12.8. The molecule has 2 amide bonds. The number of nitrogens with zero attached hydrogens (tertiary/aromatic N) is 2. The van der Waals surface area contributed by atoms with Crippen molar-refractivity contribution >= 4 is 11.8 Å². The van der Waals surface area contributed by atoms with Gasteiger partial charge in [0, 0.05) is 5.56 Å². The molecule has 1 aromatic rings. The zero-order valence-electron chi connectivity index (χ0n) is 13.5. The third-order valence-corrected chi connectivity index (χ3v) is 4.15. The molecular formula is C15H23N3O3. The lowest BCUT2D eigenvalue weighted by Crippen LogP contribution is -2.68. The summed E-state index contributed by atoms with van der Waals surface area (Å²) in [4.78, 5) is 26.8. The quantitative estimate of drug-likeness (QED) is 0.923. The van der Waals surface area contributed by atoms with Gasteiger partial charge in [-0.2, -0.15) is 0 Å². The summed E-state index contributed by atoms with van der Waals surface area (Å²) < 4.78 is 5.20. The second-order valence-corrected chi connectivity index (χ2v) is 6.16. The van der Waals surface area contributed by atoms with Gasteiger partial charge in [0.05, 0.1) is 11.7 Å². The Morgan fingerprint density at radius 1 is 1.38 bits per heavy atom. The molecule has 0 radical (unpaired) electrons. The van der Waals surface area contributed by atoms with Crippen molar-refractivity contribution < 1.29 is 14.1 Å². The second-order valence-electron chi connectivity index (χ2n) is 6.16. The van der Waals surface area contributed by atoms with Crippen molar-refractivity contribution in [2.75, 3.05) is 0 Å². The minimum atomic E-state index is -0.893. The molecule has 6 heteroatoms. The van der Waals surface area contributed by atoms with Gasteiger partial charge in [-0.05, 0) is 41.0 Å². The van der Waals surface area contributed by atoms with Gasteiger partial charge >= 0.3 is 0 Å². The number of carbonyl (C=O) groups excluding carboxylic acids is 2. The molecule has 116 valence electrons. The van der Waals surface area contributed by atoms with Gasteiger partial charge in [-0.15, -0.1) is 0 Å². The Hall–Kier alpha value is -1.85. The molecular weight excluding hydrogens is 270 g/mol. The lowest BCUT2D eigenvalue weighted by atomic mass is 9.92. The Bertz CT molecular complexity index is 557. The molecule has 0 bridgehead atoms. The number of rotatable bonds is 3. The second kappa shape index (κ2) is 5.16. The van der Waals surface area contributed by atoms with Crippen LogP contribution in [0.4, 0.5) is 0 Å². The Balaban J connectivity index is 2.47. The highest BCUT2D eigenvalue weighted by molar-refractivity contribution is 5.99. The Kier molecular flexibility index (Phi) is 3.82. The number of aryl methyl sites for hydroxylation is 2. The average molecular weight is 293 g/mol. The molecule has 0 saturated carbocycles. The molecule has 1 aliphatic heterocycles. The van der Waals surface area contributed by atoms with Crippen LogP contribution in [-0.2, 0) is 9.59 Å². The molecule has 21 heavy (non-hydrogen) atoms. The van der Waals surface area contributed by atoms with Crippen molar-refractivity contribution in [1.29, 1.82) is 0 Å². The number of hydrogen-bond acceptors (Lipinski definition) is 4. The molecule has 2 atom stereocenters. The number of hydrogen-bond donors (Lipinski definition) is 1. The smallest absolute Gasteiger partial charge is 0.248 e. The van der Waals surface area contributed by atoms with Gasteiger partial charge < -0.3 is 14.7 Å². The fraction of sp³-hybridized carbons (Fsp3) is 0.667. The summed E-state index contributed by atoms with van der Waals surface area (Å²) in [6.07, 6.45) is 0.571. The molecule has 0 aromatic carbocycles. The predicted octanol–water partition coefficient (Wildman–Crippen LogP) is 1.87. The van der Waals surface area contributed by atoms with E-state index in [9.17, 15) is 9.59 Å². The third-order valence-electron chi connectivity index (χ3n) is 4.15. The van der Waals surface area contributed by atoms with Crippen molar-refractivity contribution in [3.8, 4) is 0 Å². The summed E-state index contributed by atoms with van der Waals surface area (Å²) in [6, 6.07) is -0.715. The minimum absolute atomic E-state index is 0.0820. The summed E-state index contributed by atoms with van der Waals surface area (Å²) in [5.41, 5.74) is 0.745. The lowest BCUT2D eigenvalue weighted by molar-refractivity contribution is -0.156. The van der Waals surface area contributed by atoms with E-state index >= 15 is 0 Å². The third kappa shape index (κ3) is 2.43. The highest BCUT2D eigenvalue weighted by Gasteiger charge is 2.47. The fourth-order valence-electron chi connectivity index (χ4n) is 3.09. The maximum atomic E-state index is 12.8.